The van der Waals surface area contributed by atoms with Gasteiger partial charge in [-0.3, -0.25) is 0 Å². The minimum Gasteiger partial charge on any atom is -0.490 e. The second-order valence-electron chi connectivity index (χ2n) is 4.65. The van der Waals surface area contributed by atoms with E-state index in [1.807, 2.05) is 24.3 Å². The molecule has 0 aromatic heterocycles. The summed E-state index contributed by atoms with van der Waals surface area (Å²) in [6, 6.07) is 7.67. The maximum absolute atomic E-state index is 9.46. The summed E-state index contributed by atoms with van der Waals surface area (Å²) in [5.41, 5.74) is -0.0475. The molecule has 0 unspecified atom stereocenters. The molecule has 1 aliphatic carbocycles. The van der Waals surface area contributed by atoms with Gasteiger partial charge in [-0.15, -0.1) is 0 Å². The van der Waals surface area contributed by atoms with Gasteiger partial charge in [0, 0.05) is 5.56 Å². The SMILES string of the molecule is CC(C)(O)C#Cc1ccc(OC2CC2)cc1. The third-order valence-corrected chi connectivity index (χ3v) is 2.19. The first-order valence-corrected chi connectivity index (χ1v) is 5.55. The Morgan fingerprint density at radius 3 is 2.38 bits per heavy atom. The van der Waals surface area contributed by atoms with Crippen molar-refractivity contribution in [3.05, 3.63) is 29.8 Å². The number of ether oxygens (including phenoxy) is 1. The third kappa shape index (κ3) is 3.60. The average molecular weight is 216 g/mol. The molecule has 0 atom stereocenters. The number of rotatable bonds is 2. The summed E-state index contributed by atoms with van der Waals surface area (Å²) in [4.78, 5) is 0. The summed E-state index contributed by atoms with van der Waals surface area (Å²) in [6.45, 7) is 3.34. The highest BCUT2D eigenvalue weighted by atomic mass is 16.5. The Morgan fingerprint density at radius 1 is 1.25 bits per heavy atom. The van der Waals surface area contributed by atoms with Crippen LogP contribution in [0.3, 0.4) is 0 Å². The molecule has 2 rings (SSSR count). The van der Waals surface area contributed by atoms with Crippen LogP contribution in [0.1, 0.15) is 32.3 Å². The first-order chi connectivity index (χ1) is 7.53. The monoisotopic (exact) mass is 216 g/mol. The molecule has 0 saturated heterocycles. The van der Waals surface area contributed by atoms with Crippen LogP contribution in [0.15, 0.2) is 24.3 Å². The third-order valence-electron chi connectivity index (χ3n) is 2.19. The molecule has 0 aliphatic heterocycles. The van der Waals surface area contributed by atoms with E-state index in [9.17, 15) is 5.11 Å². The first kappa shape index (κ1) is 11.0. The molecule has 2 heteroatoms. The van der Waals surface area contributed by atoms with E-state index in [0.717, 1.165) is 11.3 Å². The molecule has 0 bridgehead atoms. The van der Waals surface area contributed by atoms with Crippen LogP contribution in [-0.4, -0.2) is 16.8 Å². The molecule has 1 aromatic carbocycles. The van der Waals surface area contributed by atoms with Gasteiger partial charge in [0.15, 0.2) is 0 Å². The van der Waals surface area contributed by atoms with Crippen LogP contribution in [-0.2, 0) is 0 Å². The molecule has 0 heterocycles. The second kappa shape index (κ2) is 4.19. The summed E-state index contributed by atoms with van der Waals surface area (Å²) in [6.07, 6.45) is 2.76. The standard InChI is InChI=1S/C14H16O2/c1-14(2,15)10-9-11-3-5-12(6-4-11)16-13-7-8-13/h3-6,13,15H,7-8H2,1-2H3. The first-order valence-electron chi connectivity index (χ1n) is 5.55. The lowest BCUT2D eigenvalue weighted by molar-refractivity contribution is 0.143. The number of hydrogen-bond acceptors (Lipinski definition) is 2. The van der Waals surface area contributed by atoms with E-state index >= 15 is 0 Å². The zero-order valence-electron chi connectivity index (χ0n) is 9.66. The van der Waals surface area contributed by atoms with Crippen LogP contribution < -0.4 is 4.74 Å². The van der Waals surface area contributed by atoms with Gasteiger partial charge in [0.1, 0.15) is 11.4 Å². The highest BCUT2D eigenvalue weighted by Gasteiger charge is 2.23. The van der Waals surface area contributed by atoms with E-state index < -0.39 is 5.60 Å². The maximum atomic E-state index is 9.46. The summed E-state index contributed by atoms with van der Waals surface area (Å²) in [7, 11) is 0. The van der Waals surface area contributed by atoms with Gasteiger partial charge in [-0.05, 0) is 51.0 Å². The summed E-state index contributed by atoms with van der Waals surface area (Å²) < 4.78 is 5.63. The van der Waals surface area contributed by atoms with E-state index in [1.54, 1.807) is 13.8 Å². The van der Waals surface area contributed by atoms with Crippen molar-refractivity contribution in [1.29, 1.82) is 0 Å². The van der Waals surface area contributed by atoms with E-state index in [2.05, 4.69) is 11.8 Å². The molecule has 0 spiro atoms. The Hall–Kier alpha value is -1.46. The van der Waals surface area contributed by atoms with Crippen LogP contribution in [0.25, 0.3) is 0 Å². The van der Waals surface area contributed by atoms with Gasteiger partial charge < -0.3 is 9.84 Å². The predicted molar refractivity (Wildman–Crippen MR) is 63.3 cm³/mol. The largest absolute Gasteiger partial charge is 0.490 e. The molecular weight excluding hydrogens is 200 g/mol. The molecule has 0 radical (unpaired) electrons. The fraction of sp³-hybridized carbons (Fsp3) is 0.429. The maximum Gasteiger partial charge on any atom is 0.120 e. The molecule has 1 aliphatic rings. The molecule has 1 fully saturated rings. The summed E-state index contributed by atoms with van der Waals surface area (Å²) in [5.74, 6) is 6.60. The van der Waals surface area contributed by atoms with E-state index in [4.69, 9.17) is 4.74 Å². The Kier molecular flexibility index (Phi) is 2.89. The molecule has 1 N–H and O–H groups in total. The molecule has 1 aromatic rings. The molecule has 84 valence electrons. The zero-order valence-corrected chi connectivity index (χ0v) is 9.66. The molecule has 2 nitrogen and oxygen atoms in total. The number of aliphatic hydroxyl groups is 1. The van der Waals surface area contributed by atoms with Gasteiger partial charge in [0.25, 0.3) is 0 Å². The minimum atomic E-state index is -0.941. The lowest BCUT2D eigenvalue weighted by Crippen LogP contribution is -2.14. The van der Waals surface area contributed by atoms with Gasteiger partial charge in [-0.25, -0.2) is 0 Å². The van der Waals surface area contributed by atoms with Crippen molar-refractivity contribution in [2.24, 2.45) is 0 Å². The van der Waals surface area contributed by atoms with Crippen molar-refractivity contribution >= 4 is 0 Å². The van der Waals surface area contributed by atoms with Crippen LogP contribution in [0.4, 0.5) is 0 Å². The quantitative estimate of drug-likeness (QED) is 0.769. The van der Waals surface area contributed by atoms with Gasteiger partial charge in [-0.2, -0.15) is 0 Å². The molecular formula is C14H16O2. The summed E-state index contributed by atoms with van der Waals surface area (Å²) >= 11 is 0. The number of hydrogen-bond donors (Lipinski definition) is 1. The smallest absolute Gasteiger partial charge is 0.120 e. The molecule has 16 heavy (non-hydrogen) atoms. The Balaban J connectivity index is 2.02. The van der Waals surface area contributed by atoms with E-state index in [1.165, 1.54) is 12.8 Å². The predicted octanol–water partition coefficient (Wildman–Crippen LogP) is 2.35. The van der Waals surface area contributed by atoms with E-state index in [-0.39, 0.29) is 0 Å². The second-order valence-corrected chi connectivity index (χ2v) is 4.65. The fourth-order valence-electron chi connectivity index (χ4n) is 1.22. The van der Waals surface area contributed by atoms with Crippen LogP contribution in [0, 0.1) is 11.8 Å². The fourth-order valence-corrected chi connectivity index (χ4v) is 1.22. The Labute approximate surface area is 96.3 Å². The Bertz CT molecular complexity index is 411. The van der Waals surface area contributed by atoms with Crippen molar-refractivity contribution in [2.45, 2.75) is 38.4 Å². The van der Waals surface area contributed by atoms with Crippen LogP contribution >= 0.6 is 0 Å². The van der Waals surface area contributed by atoms with E-state index in [0.29, 0.717) is 6.10 Å². The molecule has 1 saturated carbocycles. The lowest BCUT2D eigenvalue weighted by Gasteiger charge is -2.06. The van der Waals surface area contributed by atoms with Crippen LogP contribution in [0.5, 0.6) is 5.75 Å². The highest BCUT2D eigenvalue weighted by molar-refractivity contribution is 5.39. The normalized spacial score (nSPS) is 15.2. The zero-order chi connectivity index (χ0) is 11.6. The van der Waals surface area contributed by atoms with Gasteiger partial charge >= 0.3 is 0 Å². The van der Waals surface area contributed by atoms with Crippen molar-refractivity contribution in [2.75, 3.05) is 0 Å². The van der Waals surface area contributed by atoms with Gasteiger partial charge in [-0.1, -0.05) is 11.8 Å². The van der Waals surface area contributed by atoms with Crippen LogP contribution in [0.2, 0.25) is 0 Å². The average Bonchev–Trinajstić information content (AvgIpc) is 3.00. The van der Waals surface area contributed by atoms with Gasteiger partial charge in [0.2, 0.25) is 0 Å². The topological polar surface area (TPSA) is 29.5 Å². The van der Waals surface area contributed by atoms with Gasteiger partial charge in [0.05, 0.1) is 6.10 Å². The van der Waals surface area contributed by atoms with Crippen molar-refractivity contribution in [1.82, 2.24) is 0 Å². The summed E-state index contributed by atoms with van der Waals surface area (Å²) in [5, 5.41) is 9.46. The van der Waals surface area contributed by atoms with Crippen molar-refractivity contribution < 1.29 is 9.84 Å². The molecule has 0 amide bonds. The lowest BCUT2D eigenvalue weighted by atomic mass is 10.1. The van der Waals surface area contributed by atoms with Crippen molar-refractivity contribution in [3.63, 3.8) is 0 Å². The van der Waals surface area contributed by atoms with Crippen molar-refractivity contribution in [3.8, 4) is 17.6 Å². The minimum absolute atomic E-state index is 0.424. The highest BCUT2D eigenvalue weighted by Crippen LogP contribution is 2.26. The Morgan fingerprint density at radius 2 is 1.88 bits per heavy atom. The number of benzene rings is 1.